The Morgan fingerprint density at radius 3 is 2.39 bits per heavy atom. The molecule has 0 amide bonds. The van der Waals surface area contributed by atoms with Crippen molar-refractivity contribution < 1.29 is 19.1 Å². The number of aromatic hydroxyl groups is 1. The van der Waals surface area contributed by atoms with Gasteiger partial charge in [-0.15, -0.1) is 0 Å². The molecule has 0 fully saturated rings. The zero-order chi connectivity index (χ0) is 21.1. The summed E-state index contributed by atoms with van der Waals surface area (Å²) < 4.78 is 11.1. The first-order valence-corrected chi connectivity index (χ1v) is 12.6. The predicted molar refractivity (Wildman–Crippen MR) is 117 cm³/mol. The van der Waals surface area contributed by atoms with Gasteiger partial charge in [-0.05, 0) is 41.7 Å². The van der Waals surface area contributed by atoms with Gasteiger partial charge in [0.05, 0.1) is 17.7 Å². The van der Waals surface area contributed by atoms with Gasteiger partial charge in [-0.3, -0.25) is 0 Å². The number of esters is 1. The average molecular weight is 421 g/mol. The number of phenols is 1. The van der Waals surface area contributed by atoms with Gasteiger partial charge in [0.15, 0.2) is 8.32 Å². The molecule has 4 nitrogen and oxygen atoms in total. The standard InChI is InChI=1S/C22H29ClO4Si/c1-22(2,3)28(5,6)27-12-11-15-9-7-8-10-16(15)17-13-18(21(25)26-4)19(23)14-20(17)24/h7-10,13-14,24H,11-12H2,1-6H3. The number of carbonyl (C=O) groups is 1. The van der Waals surface area contributed by atoms with Gasteiger partial charge in [0.1, 0.15) is 5.75 Å². The molecule has 0 aliphatic carbocycles. The molecule has 2 aromatic carbocycles. The van der Waals surface area contributed by atoms with Crippen molar-refractivity contribution in [2.24, 2.45) is 0 Å². The Hall–Kier alpha value is -1.82. The van der Waals surface area contributed by atoms with E-state index in [4.69, 9.17) is 20.8 Å². The van der Waals surface area contributed by atoms with E-state index >= 15 is 0 Å². The Kier molecular flexibility index (Phi) is 6.96. The number of hydrogen-bond donors (Lipinski definition) is 1. The van der Waals surface area contributed by atoms with Gasteiger partial charge in [-0.25, -0.2) is 4.79 Å². The molecular weight excluding hydrogens is 392 g/mol. The maximum absolute atomic E-state index is 12.0. The number of methoxy groups -OCH3 is 1. The molecule has 0 unspecified atom stereocenters. The van der Waals surface area contributed by atoms with Crippen molar-refractivity contribution in [1.29, 1.82) is 0 Å². The SMILES string of the molecule is COC(=O)c1cc(-c2ccccc2CCO[Si](C)(C)C(C)(C)C)c(O)cc1Cl. The smallest absolute Gasteiger partial charge is 0.339 e. The second kappa shape index (κ2) is 8.68. The lowest BCUT2D eigenvalue weighted by Gasteiger charge is -2.36. The zero-order valence-corrected chi connectivity index (χ0v) is 19.2. The minimum atomic E-state index is -1.83. The van der Waals surface area contributed by atoms with E-state index < -0.39 is 14.3 Å². The molecule has 0 atom stereocenters. The van der Waals surface area contributed by atoms with Gasteiger partial charge >= 0.3 is 5.97 Å². The third-order valence-corrected chi connectivity index (χ3v) is 10.3. The molecule has 0 radical (unpaired) electrons. The van der Waals surface area contributed by atoms with Crippen LogP contribution in [0.25, 0.3) is 11.1 Å². The van der Waals surface area contributed by atoms with Crippen molar-refractivity contribution in [3.8, 4) is 16.9 Å². The molecular formula is C22H29ClO4Si. The molecule has 0 aromatic heterocycles. The highest BCUT2D eigenvalue weighted by atomic mass is 35.5. The van der Waals surface area contributed by atoms with Crippen LogP contribution in [-0.2, 0) is 15.6 Å². The van der Waals surface area contributed by atoms with Gasteiger partial charge in [-0.1, -0.05) is 56.6 Å². The quantitative estimate of drug-likeness (QED) is 0.455. The fraction of sp³-hybridized carbons (Fsp3) is 0.409. The topological polar surface area (TPSA) is 55.8 Å². The zero-order valence-electron chi connectivity index (χ0n) is 17.4. The van der Waals surface area contributed by atoms with E-state index in [-0.39, 0.29) is 21.4 Å². The summed E-state index contributed by atoms with van der Waals surface area (Å²) in [5.74, 6) is -0.514. The molecule has 0 aliphatic heterocycles. The Balaban J connectivity index is 2.33. The van der Waals surface area contributed by atoms with Crippen molar-refractivity contribution in [1.82, 2.24) is 0 Å². The van der Waals surface area contributed by atoms with Crippen LogP contribution in [0.2, 0.25) is 23.2 Å². The van der Waals surface area contributed by atoms with E-state index in [9.17, 15) is 9.90 Å². The highest BCUT2D eigenvalue weighted by Gasteiger charge is 2.36. The third-order valence-electron chi connectivity index (χ3n) is 5.44. The second-order valence-electron chi connectivity index (χ2n) is 8.36. The Morgan fingerprint density at radius 2 is 1.79 bits per heavy atom. The molecule has 0 spiro atoms. The first-order chi connectivity index (χ1) is 13.0. The number of rotatable bonds is 6. The van der Waals surface area contributed by atoms with Crippen molar-refractivity contribution in [2.45, 2.75) is 45.3 Å². The summed E-state index contributed by atoms with van der Waals surface area (Å²) in [5, 5.41) is 10.8. The highest BCUT2D eigenvalue weighted by molar-refractivity contribution is 6.74. The molecule has 28 heavy (non-hydrogen) atoms. The monoisotopic (exact) mass is 420 g/mol. The molecule has 152 valence electrons. The summed E-state index contributed by atoms with van der Waals surface area (Å²) in [6.45, 7) is 11.7. The van der Waals surface area contributed by atoms with Crippen LogP contribution < -0.4 is 0 Å². The van der Waals surface area contributed by atoms with Crippen LogP contribution in [-0.4, -0.2) is 33.1 Å². The van der Waals surface area contributed by atoms with E-state index in [2.05, 4.69) is 33.9 Å². The number of halogens is 1. The van der Waals surface area contributed by atoms with Crippen molar-refractivity contribution in [3.63, 3.8) is 0 Å². The summed E-state index contributed by atoms with van der Waals surface area (Å²) in [5.41, 5.74) is 2.66. The fourth-order valence-electron chi connectivity index (χ4n) is 2.68. The Labute approximate surface area is 173 Å². The van der Waals surface area contributed by atoms with Crippen LogP contribution in [0.4, 0.5) is 0 Å². The fourth-order valence-corrected chi connectivity index (χ4v) is 3.96. The van der Waals surface area contributed by atoms with E-state index in [1.54, 1.807) is 6.07 Å². The van der Waals surface area contributed by atoms with Crippen LogP contribution in [0.5, 0.6) is 5.75 Å². The maximum Gasteiger partial charge on any atom is 0.339 e. The Bertz CT molecular complexity index is 856. The molecule has 2 rings (SSSR count). The summed E-state index contributed by atoms with van der Waals surface area (Å²) in [6.07, 6.45) is 0.707. The average Bonchev–Trinajstić information content (AvgIpc) is 2.61. The molecule has 1 N–H and O–H groups in total. The third kappa shape index (κ3) is 4.96. The second-order valence-corrected chi connectivity index (χ2v) is 13.6. The van der Waals surface area contributed by atoms with Crippen LogP contribution in [0.3, 0.4) is 0 Å². The maximum atomic E-state index is 12.0. The summed E-state index contributed by atoms with van der Waals surface area (Å²) in [4.78, 5) is 12.0. The molecule has 0 heterocycles. The lowest BCUT2D eigenvalue weighted by Crippen LogP contribution is -2.41. The Morgan fingerprint density at radius 1 is 1.14 bits per heavy atom. The van der Waals surface area contributed by atoms with Crippen molar-refractivity contribution in [3.05, 3.63) is 52.5 Å². The molecule has 0 bridgehead atoms. The minimum Gasteiger partial charge on any atom is -0.507 e. The molecule has 0 saturated carbocycles. The van der Waals surface area contributed by atoms with Crippen molar-refractivity contribution in [2.75, 3.05) is 13.7 Å². The summed E-state index contributed by atoms with van der Waals surface area (Å²) in [6, 6.07) is 10.8. The summed E-state index contributed by atoms with van der Waals surface area (Å²) >= 11 is 6.10. The van der Waals surface area contributed by atoms with Gasteiger partial charge in [-0.2, -0.15) is 0 Å². The lowest BCUT2D eigenvalue weighted by atomic mass is 9.95. The normalized spacial score (nSPS) is 12.1. The molecule has 2 aromatic rings. The van der Waals surface area contributed by atoms with E-state index in [0.29, 0.717) is 18.6 Å². The van der Waals surface area contributed by atoms with Crippen LogP contribution in [0.15, 0.2) is 36.4 Å². The number of benzene rings is 2. The first-order valence-electron chi connectivity index (χ1n) is 9.31. The highest BCUT2D eigenvalue weighted by Crippen LogP contribution is 2.38. The molecule has 0 aliphatic rings. The largest absolute Gasteiger partial charge is 0.507 e. The van der Waals surface area contributed by atoms with E-state index in [0.717, 1.165) is 11.1 Å². The molecule has 0 saturated heterocycles. The van der Waals surface area contributed by atoms with E-state index in [1.165, 1.54) is 13.2 Å². The van der Waals surface area contributed by atoms with Gasteiger partial charge in [0, 0.05) is 18.2 Å². The predicted octanol–water partition coefficient (Wildman–Crippen LogP) is 6.06. The number of hydrogen-bond acceptors (Lipinski definition) is 4. The number of carbonyl (C=O) groups excluding carboxylic acids is 1. The van der Waals surface area contributed by atoms with Crippen LogP contribution in [0, 0.1) is 0 Å². The first kappa shape index (κ1) is 22.5. The summed E-state index contributed by atoms with van der Waals surface area (Å²) in [7, 11) is -0.528. The number of ether oxygens (including phenoxy) is 1. The van der Waals surface area contributed by atoms with Crippen LogP contribution in [0.1, 0.15) is 36.7 Å². The minimum absolute atomic E-state index is 0.0235. The van der Waals surface area contributed by atoms with Gasteiger partial charge in [0.2, 0.25) is 0 Å². The van der Waals surface area contributed by atoms with Crippen LogP contribution >= 0.6 is 11.6 Å². The van der Waals surface area contributed by atoms with Gasteiger partial charge < -0.3 is 14.3 Å². The van der Waals surface area contributed by atoms with E-state index in [1.807, 2.05) is 24.3 Å². The number of phenolic OH excluding ortho intramolecular Hbond substituents is 1. The van der Waals surface area contributed by atoms with Crippen molar-refractivity contribution >= 4 is 25.9 Å². The van der Waals surface area contributed by atoms with Gasteiger partial charge in [0.25, 0.3) is 0 Å². The lowest BCUT2D eigenvalue weighted by molar-refractivity contribution is 0.0601. The molecule has 6 heteroatoms.